The highest BCUT2D eigenvalue weighted by Crippen LogP contribution is 2.30. The minimum atomic E-state index is -1.13. The molecule has 1 aromatic rings. The summed E-state index contributed by atoms with van der Waals surface area (Å²) in [5, 5.41) is 10.4. The highest BCUT2D eigenvalue weighted by molar-refractivity contribution is 14.1. The van der Waals surface area contributed by atoms with Gasteiger partial charge < -0.3 is 14.6 Å². The average molecular weight is 833 g/mol. The Bertz CT molecular complexity index is 1020. The molecule has 1 fully saturated rings. The van der Waals surface area contributed by atoms with Crippen LogP contribution in [0.2, 0.25) is 0 Å². The molecule has 1 aromatic heterocycles. The molecule has 0 bridgehead atoms. The molecule has 8 nitrogen and oxygen atoms in total. The Morgan fingerprint density at radius 2 is 1.73 bits per heavy atom. The predicted molar refractivity (Wildman–Crippen MR) is 173 cm³/mol. The number of carbonyl (C=O) groups excluding carboxylic acids is 1. The molecule has 40 heavy (non-hydrogen) atoms. The van der Waals surface area contributed by atoms with Crippen LogP contribution in [0, 0.1) is 5.82 Å². The number of unbranched alkanes of at least 4 members (excludes halogenated alkanes) is 6. The van der Waals surface area contributed by atoms with Gasteiger partial charge in [0.2, 0.25) is 5.82 Å². The maximum absolute atomic E-state index is 13.5. The Balaban J connectivity index is 1.55. The van der Waals surface area contributed by atoms with E-state index in [2.05, 4.69) is 52.1 Å². The van der Waals surface area contributed by atoms with E-state index < -0.39 is 35.5 Å². The number of alkyl halides is 4. The van der Waals surface area contributed by atoms with Crippen molar-refractivity contribution >= 4 is 74.4 Å². The fraction of sp³-hybridized carbons (Fsp3) is 0.815. The van der Waals surface area contributed by atoms with Crippen molar-refractivity contribution in [2.75, 3.05) is 6.61 Å². The molecule has 1 aliphatic rings. The fourth-order valence-corrected chi connectivity index (χ4v) is 6.75. The van der Waals surface area contributed by atoms with E-state index in [0.717, 1.165) is 55.7 Å². The zero-order valence-corrected chi connectivity index (χ0v) is 28.7. The van der Waals surface area contributed by atoms with Crippen LogP contribution < -0.4 is 11.2 Å². The van der Waals surface area contributed by atoms with Crippen LogP contribution in [0.3, 0.4) is 0 Å². The van der Waals surface area contributed by atoms with Gasteiger partial charge in [0.05, 0.1) is 12.3 Å². The summed E-state index contributed by atoms with van der Waals surface area (Å²) in [7, 11) is 0. The SMILES string of the molecule is CCCCCC(I)C(Cl)CC(Cl)C(I)CCCCCCCC(=O)OC[C@@H]1O[C@H](n2cc(F)c(=O)[nH]c2=O)C[C@H]1O. The first kappa shape index (κ1) is 36.2. The second-order valence-corrected chi connectivity index (χ2v) is 14.7. The molecule has 230 valence electrons. The Kier molecular flexibility index (Phi) is 17.5. The summed E-state index contributed by atoms with van der Waals surface area (Å²) in [6.45, 7) is 2.03. The van der Waals surface area contributed by atoms with Crippen LogP contribution in [-0.2, 0) is 14.3 Å². The average Bonchev–Trinajstić information content (AvgIpc) is 3.28. The maximum Gasteiger partial charge on any atom is 0.330 e. The van der Waals surface area contributed by atoms with Crippen molar-refractivity contribution in [1.29, 1.82) is 0 Å². The maximum atomic E-state index is 13.5. The molecule has 0 radical (unpaired) electrons. The van der Waals surface area contributed by atoms with Crippen molar-refractivity contribution in [1.82, 2.24) is 9.55 Å². The molecule has 1 saturated heterocycles. The van der Waals surface area contributed by atoms with Gasteiger partial charge in [-0.15, -0.1) is 23.2 Å². The molecular weight excluding hydrogens is 792 g/mol. The number of hydrogen-bond acceptors (Lipinski definition) is 6. The van der Waals surface area contributed by atoms with Crippen LogP contribution >= 0.6 is 68.4 Å². The van der Waals surface area contributed by atoms with Crippen LogP contribution in [0.5, 0.6) is 0 Å². The number of aliphatic hydroxyl groups excluding tert-OH is 1. The summed E-state index contributed by atoms with van der Waals surface area (Å²) in [6.07, 6.45) is 9.68. The number of nitrogens with one attached hydrogen (secondary N) is 1. The normalized spacial score (nSPS) is 22.1. The molecule has 2 rings (SSSR count). The Labute approximate surface area is 272 Å². The third kappa shape index (κ3) is 12.7. The zero-order chi connectivity index (χ0) is 29.7. The summed E-state index contributed by atoms with van der Waals surface area (Å²) >= 11 is 18.2. The van der Waals surface area contributed by atoms with Gasteiger partial charge in [0.25, 0.3) is 5.56 Å². The number of ether oxygens (including phenoxy) is 2. The zero-order valence-electron chi connectivity index (χ0n) is 22.8. The Morgan fingerprint density at radius 1 is 1.12 bits per heavy atom. The molecule has 0 amide bonds. The smallest absolute Gasteiger partial charge is 0.330 e. The van der Waals surface area contributed by atoms with Crippen LogP contribution in [0.4, 0.5) is 4.39 Å². The van der Waals surface area contributed by atoms with Gasteiger partial charge in [-0.2, -0.15) is 4.39 Å². The van der Waals surface area contributed by atoms with Gasteiger partial charge in [0, 0.05) is 31.4 Å². The summed E-state index contributed by atoms with van der Waals surface area (Å²) in [5.74, 6) is -1.52. The van der Waals surface area contributed by atoms with E-state index in [4.69, 9.17) is 32.7 Å². The first-order valence-electron chi connectivity index (χ1n) is 14.1. The number of nitrogens with zero attached hydrogens (tertiary/aromatic N) is 1. The van der Waals surface area contributed by atoms with Crippen molar-refractivity contribution in [2.24, 2.45) is 0 Å². The number of H-pyrrole nitrogens is 1. The van der Waals surface area contributed by atoms with E-state index in [-0.39, 0.29) is 36.2 Å². The Morgan fingerprint density at radius 3 is 2.38 bits per heavy atom. The van der Waals surface area contributed by atoms with Gasteiger partial charge >= 0.3 is 11.7 Å². The third-order valence-corrected chi connectivity index (χ3v) is 11.8. The number of aliphatic hydroxyl groups is 1. The number of rotatable bonds is 19. The molecule has 13 heteroatoms. The largest absolute Gasteiger partial charge is 0.463 e. The van der Waals surface area contributed by atoms with Gasteiger partial charge in [-0.1, -0.05) is 97.1 Å². The summed E-state index contributed by atoms with van der Waals surface area (Å²) in [6, 6.07) is 0. The lowest BCUT2D eigenvalue weighted by Gasteiger charge is -2.22. The molecule has 0 saturated carbocycles. The van der Waals surface area contributed by atoms with Crippen molar-refractivity contribution in [3.8, 4) is 0 Å². The van der Waals surface area contributed by atoms with Crippen LogP contribution in [-0.4, -0.2) is 58.0 Å². The van der Waals surface area contributed by atoms with E-state index in [1.54, 1.807) is 0 Å². The van der Waals surface area contributed by atoms with E-state index in [9.17, 15) is 23.9 Å². The van der Waals surface area contributed by atoms with Crippen LogP contribution in [0.25, 0.3) is 0 Å². The molecular formula is C27H41Cl2FI2N2O6. The predicted octanol–water partition coefficient (Wildman–Crippen LogP) is 6.39. The van der Waals surface area contributed by atoms with Crippen LogP contribution in [0.1, 0.15) is 96.6 Å². The summed E-state index contributed by atoms with van der Waals surface area (Å²) < 4.78 is 26.1. The molecule has 0 aliphatic carbocycles. The van der Waals surface area contributed by atoms with Gasteiger partial charge in [-0.3, -0.25) is 19.1 Å². The topological polar surface area (TPSA) is 111 Å². The highest BCUT2D eigenvalue weighted by Gasteiger charge is 2.36. The van der Waals surface area contributed by atoms with Crippen molar-refractivity contribution < 1.29 is 23.8 Å². The number of aromatic nitrogens is 2. The van der Waals surface area contributed by atoms with E-state index in [0.29, 0.717) is 14.3 Å². The van der Waals surface area contributed by atoms with E-state index in [1.807, 2.05) is 4.98 Å². The number of hydrogen-bond donors (Lipinski definition) is 2. The number of aromatic amines is 1. The highest BCUT2D eigenvalue weighted by atomic mass is 127. The minimum absolute atomic E-state index is 0.000441. The quantitative estimate of drug-likeness (QED) is 0.0725. The summed E-state index contributed by atoms with van der Waals surface area (Å²) in [4.78, 5) is 37.1. The van der Waals surface area contributed by atoms with Gasteiger partial charge in [-0.05, 0) is 25.7 Å². The Hall–Kier alpha value is 0.0400. The second kappa shape index (κ2) is 19.3. The fourth-order valence-electron chi connectivity index (χ4n) is 4.56. The van der Waals surface area contributed by atoms with Crippen LogP contribution in [0.15, 0.2) is 15.8 Å². The second-order valence-electron chi connectivity index (χ2n) is 10.4. The molecule has 4 unspecified atom stereocenters. The molecule has 2 heterocycles. The van der Waals surface area contributed by atoms with Gasteiger partial charge in [0.15, 0.2) is 0 Å². The lowest BCUT2D eigenvalue weighted by molar-refractivity contribution is -0.150. The lowest BCUT2D eigenvalue weighted by atomic mass is 10.0. The minimum Gasteiger partial charge on any atom is -0.463 e. The third-order valence-electron chi connectivity index (χ3n) is 7.03. The van der Waals surface area contributed by atoms with Gasteiger partial charge in [-0.25, -0.2) is 4.79 Å². The summed E-state index contributed by atoms with van der Waals surface area (Å²) in [5.41, 5.74) is -1.97. The molecule has 1 aliphatic heterocycles. The van der Waals surface area contributed by atoms with Crippen molar-refractivity contribution in [3.05, 3.63) is 32.9 Å². The lowest BCUT2D eigenvalue weighted by Crippen LogP contribution is -2.34. The van der Waals surface area contributed by atoms with Crippen molar-refractivity contribution in [2.45, 2.75) is 127 Å². The first-order chi connectivity index (χ1) is 19.0. The van der Waals surface area contributed by atoms with Crippen molar-refractivity contribution in [3.63, 3.8) is 0 Å². The molecule has 7 atom stereocenters. The first-order valence-corrected chi connectivity index (χ1v) is 17.5. The number of carbonyl (C=O) groups is 1. The molecule has 2 N–H and O–H groups in total. The number of esters is 1. The molecule has 0 aromatic carbocycles. The number of halogens is 5. The van der Waals surface area contributed by atoms with Gasteiger partial charge in [0.1, 0.15) is 18.9 Å². The monoisotopic (exact) mass is 832 g/mol. The standard InChI is InChI=1S/C27H41Cl2FI2N2O6/c1-2-3-7-10-20(31)17(28)13-18(29)21(32)11-8-5-4-6-9-12-25(36)39-16-23-22(35)14-24(40-23)34-15-19(30)26(37)33-27(34)38/h15,17-18,20-24,35H,2-14,16H2,1H3,(H,33,37,38)/t17?,18?,20?,21?,22-,23+,24+/m1/s1. The van der Waals surface area contributed by atoms with E-state index >= 15 is 0 Å². The molecule has 0 spiro atoms. The van der Waals surface area contributed by atoms with E-state index in [1.165, 1.54) is 19.3 Å².